The molecule has 3 rings (SSSR count). The van der Waals surface area contributed by atoms with Crippen molar-refractivity contribution in [2.45, 2.75) is 13.5 Å². The lowest BCUT2D eigenvalue weighted by Crippen LogP contribution is -2.20. The lowest BCUT2D eigenvalue weighted by molar-refractivity contribution is -0.117. The number of rotatable bonds is 7. The van der Waals surface area contributed by atoms with Gasteiger partial charge in [0.2, 0.25) is 11.7 Å². The minimum absolute atomic E-state index is 0.101. The Labute approximate surface area is 161 Å². The van der Waals surface area contributed by atoms with Gasteiger partial charge in [-0.3, -0.25) is 4.79 Å². The van der Waals surface area contributed by atoms with Gasteiger partial charge in [0.25, 0.3) is 0 Å². The van der Waals surface area contributed by atoms with Crippen LogP contribution < -0.4 is 10.1 Å². The number of esters is 1. The van der Waals surface area contributed by atoms with Crippen molar-refractivity contribution < 1.29 is 19.1 Å². The van der Waals surface area contributed by atoms with Gasteiger partial charge in [0, 0.05) is 11.3 Å². The summed E-state index contributed by atoms with van der Waals surface area (Å²) in [5, 5.41) is 14.8. The van der Waals surface area contributed by atoms with Crippen LogP contribution in [0.5, 0.6) is 5.75 Å². The summed E-state index contributed by atoms with van der Waals surface area (Å²) in [4.78, 5) is 25.0. The number of nitrogens with zero attached hydrogens (tertiary/aromatic N) is 4. The van der Waals surface area contributed by atoms with E-state index in [0.717, 1.165) is 5.56 Å². The molecule has 0 aliphatic heterocycles. The normalized spacial score (nSPS) is 10.4. The van der Waals surface area contributed by atoms with Crippen LogP contribution in [0.25, 0.3) is 11.4 Å². The lowest BCUT2D eigenvalue weighted by atomic mass is 10.2. The molecule has 1 N–H and O–H groups in total. The van der Waals surface area contributed by atoms with E-state index < -0.39 is 5.97 Å². The minimum Gasteiger partial charge on any atom is -0.497 e. The number of amides is 1. The quantitative estimate of drug-likeness (QED) is 0.625. The van der Waals surface area contributed by atoms with Crippen molar-refractivity contribution in [3.8, 4) is 17.1 Å². The fourth-order valence-electron chi connectivity index (χ4n) is 2.42. The van der Waals surface area contributed by atoms with Crippen LogP contribution in [-0.4, -0.2) is 45.8 Å². The van der Waals surface area contributed by atoms with E-state index >= 15 is 0 Å². The number of methoxy groups -OCH3 is 1. The molecule has 0 spiro atoms. The lowest BCUT2D eigenvalue weighted by Gasteiger charge is -2.06. The van der Waals surface area contributed by atoms with Gasteiger partial charge in [0.1, 0.15) is 12.3 Å². The summed E-state index contributed by atoms with van der Waals surface area (Å²) in [5.74, 6) is 0.346. The van der Waals surface area contributed by atoms with Crippen molar-refractivity contribution in [1.29, 1.82) is 0 Å². The zero-order chi connectivity index (χ0) is 19.9. The number of ether oxygens (including phenoxy) is 2. The van der Waals surface area contributed by atoms with E-state index in [1.165, 1.54) is 4.80 Å². The Balaban J connectivity index is 1.61. The third-order valence-corrected chi connectivity index (χ3v) is 3.75. The maximum absolute atomic E-state index is 12.2. The minimum atomic E-state index is -0.405. The highest BCUT2D eigenvalue weighted by atomic mass is 16.5. The first-order valence-corrected chi connectivity index (χ1v) is 8.58. The first-order chi connectivity index (χ1) is 13.6. The molecule has 1 aromatic heterocycles. The molecule has 144 valence electrons. The van der Waals surface area contributed by atoms with E-state index in [1.807, 2.05) is 18.2 Å². The molecule has 1 amide bonds. The van der Waals surface area contributed by atoms with Crippen molar-refractivity contribution in [2.75, 3.05) is 19.0 Å². The fourth-order valence-corrected chi connectivity index (χ4v) is 2.42. The molecule has 3 aromatic rings. The summed E-state index contributed by atoms with van der Waals surface area (Å²) in [6, 6.07) is 13.7. The maximum Gasteiger partial charge on any atom is 0.338 e. The number of nitrogens with one attached hydrogen (secondary N) is 1. The van der Waals surface area contributed by atoms with Gasteiger partial charge in [-0.1, -0.05) is 12.1 Å². The molecular formula is C19H19N5O4. The second kappa shape index (κ2) is 8.76. The monoisotopic (exact) mass is 381 g/mol. The summed E-state index contributed by atoms with van der Waals surface area (Å²) in [7, 11) is 1.58. The SMILES string of the molecule is CCOC(=O)c1ccc(NC(=O)Cn2nnc(-c3cccc(OC)c3)n2)cc1. The molecular weight excluding hydrogens is 362 g/mol. The summed E-state index contributed by atoms with van der Waals surface area (Å²) in [5.41, 5.74) is 1.70. The first-order valence-electron chi connectivity index (χ1n) is 8.58. The number of hydrogen-bond acceptors (Lipinski definition) is 7. The van der Waals surface area contributed by atoms with Crippen molar-refractivity contribution in [2.24, 2.45) is 0 Å². The number of aromatic nitrogens is 4. The van der Waals surface area contributed by atoms with Gasteiger partial charge in [-0.2, -0.15) is 4.80 Å². The molecule has 0 aliphatic carbocycles. The van der Waals surface area contributed by atoms with E-state index in [9.17, 15) is 9.59 Å². The van der Waals surface area contributed by atoms with Crippen LogP contribution in [0.15, 0.2) is 48.5 Å². The Hall–Kier alpha value is -3.75. The zero-order valence-corrected chi connectivity index (χ0v) is 15.5. The molecule has 0 atom stereocenters. The zero-order valence-electron chi connectivity index (χ0n) is 15.5. The van der Waals surface area contributed by atoms with Gasteiger partial charge in [0.15, 0.2) is 0 Å². The predicted molar refractivity (Wildman–Crippen MR) is 101 cm³/mol. The van der Waals surface area contributed by atoms with Gasteiger partial charge in [0.05, 0.1) is 19.3 Å². The topological polar surface area (TPSA) is 108 Å². The van der Waals surface area contributed by atoms with Crippen LogP contribution in [0.4, 0.5) is 5.69 Å². The van der Waals surface area contributed by atoms with E-state index in [-0.39, 0.29) is 12.5 Å². The molecule has 1 heterocycles. The Bertz CT molecular complexity index is 968. The van der Waals surface area contributed by atoms with Gasteiger partial charge in [-0.15, -0.1) is 10.2 Å². The number of carbonyl (C=O) groups excluding carboxylic acids is 2. The van der Waals surface area contributed by atoms with Crippen LogP contribution >= 0.6 is 0 Å². The molecule has 9 heteroatoms. The van der Waals surface area contributed by atoms with Gasteiger partial charge in [-0.05, 0) is 48.5 Å². The van der Waals surface area contributed by atoms with E-state index in [4.69, 9.17) is 9.47 Å². The van der Waals surface area contributed by atoms with Crippen molar-refractivity contribution in [1.82, 2.24) is 20.2 Å². The smallest absolute Gasteiger partial charge is 0.338 e. The molecule has 0 saturated heterocycles. The third kappa shape index (κ3) is 4.70. The largest absolute Gasteiger partial charge is 0.497 e. The van der Waals surface area contributed by atoms with Gasteiger partial charge >= 0.3 is 5.97 Å². The van der Waals surface area contributed by atoms with Crippen molar-refractivity contribution >= 4 is 17.6 Å². The first kappa shape index (κ1) is 19.0. The highest BCUT2D eigenvalue weighted by Crippen LogP contribution is 2.19. The molecule has 0 unspecified atom stereocenters. The summed E-state index contributed by atoms with van der Waals surface area (Å²) >= 11 is 0. The van der Waals surface area contributed by atoms with Crippen molar-refractivity contribution in [3.05, 3.63) is 54.1 Å². The molecule has 9 nitrogen and oxygen atoms in total. The molecule has 0 radical (unpaired) electrons. The van der Waals surface area contributed by atoms with E-state index in [0.29, 0.717) is 29.4 Å². The Kier molecular flexibility index (Phi) is 5.95. The van der Waals surface area contributed by atoms with Crippen LogP contribution in [-0.2, 0) is 16.1 Å². The van der Waals surface area contributed by atoms with Crippen LogP contribution in [0.3, 0.4) is 0 Å². The number of anilines is 1. The average molecular weight is 381 g/mol. The summed E-state index contributed by atoms with van der Waals surface area (Å²) < 4.78 is 10.1. The standard InChI is InChI=1S/C19H19N5O4/c1-3-28-19(26)13-7-9-15(10-8-13)20-17(25)12-24-22-18(21-23-24)14-5-4-6-16(11-14)27-2/h4-11H,3,12H2,1-2H3,(H,20,25). The highest BCUT2D eigenvalue weighted by molar-refractivity contribution is 5.92. The Morgan fingerprint density at radius 2 is 1.93 bits per heavy atom. The van der Waals surface area contributed by atoms with E-state index in [2.05, 4.69) is 20.7 Å². The molecule has 0 aliphatic rings. The van der Waals surface area contributed by atoms with Crippen molar-refractivity contribution in [3.63, 3.8) is 0 Å². The van der Waals surface area contributed by atoms with Gasteiger partial charge in [-0.25, -0.2) is 4.79 Å². The second-order valence-electron chi connectivity index (χ2n) is 5.72. The number of hydrogen-bond donors (Lipinski definition) is 1. The van der Waals surface area contributed by atoms with Crippen LogP contribution in [0.1, 0.15) is 17.3 Å². The number of benzene rings is 2. The Morgan fingerprint density at radius 3 is 2.64 bits per heavy atom. The molecule has 28 heavy (non-hydrogen) atoms. The third-order valence-electron chi connectivity index (χ3n) is 3.75. The van der Waals surface area contributed by atoms with E-state index in [1.54, 1.807) is 44.4 Å². The Morgan fingerprint density at radius 1 is 1.14 bits per heavy atom. The average Bonchev–Trinajstić information content (AvgIpc) is 3.17. The number of tetrazole rings is 1. The number of carbonyl (C=O) groups is 2. The molecule has 0 fully saturated rings. The second-order valence-corrected chi connectivity index (χ2v) is 5.72. The van der Waals surface area contributed by atoms with Crippen LogP contribution in [0.2, 0.25) is 0 Å². The maximum atomic E-state index is 12.2. The molecule has 0 bridgehead atoms. The predicted octanol–water partition coefficient (Wildman–Crippen LogP) is 2.16. The summed E-state index contributed by atoms with van der Waals surface area (Å²) in [6.07, 6.45) is 0. The summed E-state index contributed by atoms with van der Waals surface area (Å²) in [6.45, 7) is 1.95. The van der Waals surface area contributed by atoms with Gasteiger partial charge < -0.3 is 14.8 Å². The highest BCUT2D eigenvalue weighted by Gasteiger charge is 2.11. The fraction of sp³-hybridized carbons (Fsp3) is 0.211. The van der Waals surface area contributed by atoms with Crippen LogP contribution in [0, 0.1) is 0 Å². The molecule has 2 aromatic carbocycles. The molecule has 0 saturated carbocycles.